The van der Waals surface area contributed by atoms with E-state index in [4.69, 9.17) is 11.6 Å². The van der Waals surface area contributed by atoms with Crippen molar-refractivity contribution in [2.45, 2.75) is 25.5 Å². The lowest BCUT2D eigenvalue weighted by molar-refractivity contribution is 0.276. The highest BCUT2D eigenvalue weighted by Crippen LogP contribution is 2.36. The molecule has 0 saturated carbocycles. The van der Waals surface area contributed by atoms with Crippen molar-refractivity contribution >= 4 is 37.8 Å². The van der Waals surface area contributed by atoms with Crippen LogP contribution in [0, 0.1) is 0 Å². The molecule has 0 aromatic heterocycles. The molecule has 0 bridgehead atoms. The number of hydrogen-bond acceptors (Lipinski definition) is 3. The van der Waals surface area contributed by atoms with E-state index < -0.39 is 0 Å². The third kappa shape index (κ3) is 8.66. The molecule has 0 saturated heterocycles. The van der Waals surface area contributed by atoms with E-state index in [1.54, 1.807) is 0 Å². The molecule has 1 nitrogen and oxygen atoms in total. The third-order valence-corrected chi connectivity index (χ3v) is 3.78. The van der Waals surface area contributed by atoms with Crippen molar-refractivity contribution in [2.75, 3.05) is 0 Å². The SMILES string of the molecule is CC(C)(C)SSC(=O)Cl. The van der Waals surface area contributed by atoms with Gasteiger partial charge in [-0.15, -0.1) is 0 Å². The van der Waals surface area contributed by atoms with E-state index in [1.165, 1.54) is 10.8 Å². The largest absolute Gasteiger partial charge is 0.290 e. The van der Waals surface area contributed by atoms with Crippen molar-refractivity contribution < 1.29 is 4.79 Å². The van der Waals surface area contributed by atoms with Gasteiger partial charge >= 0.3 is 0 Å². The van der Waals surface area contributed by atoms with Crippen molar-refractivity contribution in [3.63, 3.8) is 0 Å². The summed E-state index contributed by atoms with van der Waals surface area (Å²) >= 11 is 5.09. The smallest absolute Gasteiger partial charge is 0.267 e. The lowest BCUT2D eigenvalue weighted by Gasteiger charge is -2.13. The van der Waals surface area contributed by atoms with Gasteiger partial charge in [0.1, 0.15) is 0 Å². The average Bonchev–Trinajstić information content (AvgIpc) is 1.59. The first-order valence-corrected chi connectivity index (χ1v) is 5.00. The maximum Gasteiger partial charge on any atom is 0.290 e. The highest BCUT2D eigenvalue weighted by molar-refractivity contribution is 8.83. The van der Waals surface area contributed by atoms with E-state index in [1.807, 2.05) is 20.8 Å². The van der Waals surface area contributed by atoms with Crippen LogP contribution in [0.3, 0.4) is 0 Å². The molecule has 0 radical (unpaired) electrons. The monoisotopic (exact) mass is 184 g/mol. The molecule has 0 aliphatic rings. The maximum atomic E-state index is 10.2. The van der Waals surface area contributed by atoms with Crippen LogP contribution in [-0.4, -0.2) is 9.32 Å². The van der Waals surface area contributed by atoms with Crippen LogP contribution in [0.2, 0.25) is 0 Å². The Bertz CT molecular complexity index is 108. The minimum absolute atomic E-state index is 0.106. The Morgan fingerprint density at radius 2 is 1.89 bits per heavy atom. The summed E-state index contributed by atoms with van der Waals surface area (Å²) in [6.07, 6.45) is 0. The standard InChI is InChI=1S/C5H9ClOS2/c1-5(2,3)9-8-4(6)7/h1-3H3. The van der Waals surface area contributed by atoms with Crippen LogP contribution in [-0.2, 0) is 0 Å². The van der Waals surface area contributed by atoms with E-state index in [2.05, 4.69) is 0 Å². The Balaban J connectivity index is 3.39. The number of rotatable bonds is 1. The topological polar surface area (TPSA) is 17.1 Å². The van der Waals surface area contributed by atoms with E-state index in [-0.39, 0.29) is 9.32 Å². The minimum atomic E-state index is -0.352. The molecule has 0 aliphatic heterocycles. The lowest BCUT2D eigenvalue weighted by atomic mass is 10.3. The molecule has 0 heterocycles. The van der Waals surface area contributed by atoms with Gasteiger partial charge in [0.2, 0.25) is 0 Å². The molecule has 0 unspecified atom stereocenters. The molecule has 0 aromatic carbocycles. The van der Waals surface area contributed by atoms with Gasteiger partial charge < -0.3 is 0 Å². The lowest BCUT2D eigenvalue weighted by Crippen LogP contribution is -2.04. The van der Waals surface area contributed by atoms with Crippen molar-refractivity contribution in [3.05, 3.63) is 0 Å². The molecule has 0 rings (SSSR count). The van der Waals surface area contributed by atoms with E-state index in [0.717, 1.165) is 10.8 Å². The molecule has 0 atom stereocenters. The van der Waals surface area contributed by atoms with Crippen LogP contribution in [0.1, 0.15) is 20.8 Å². The Morgan fingerprint density at radius 3 is 2.00 bits per heavy atom. The number of carbonyl (C=O) groups is 1. The van der Waals surface area contributed by atoms with Crippen LogP contribution >= 0.6 is 33.2 Å². The highest BCUT2D eigenvalue weighted by atomic mass is 35.5. The number of halogens is 1. The van der Waals surface area contributed by atoms with Crippen LogP contribution in [0.4, 0.5) is 4.79 Å². The van der Waals surface area contributed by atoms with Crippen molar-refractivity contribution in [3.8, 4) is 0 Å². The molecule has 9 heavy (non-hydrogen) atoms. The Kier molecular flexibility index (Phi) is 4.01. The number of carbonyl (C=O) groups excluding carboxylic acids is 1. The third-order valence-electron chi connectivity index (χ3n) is 0.357. The summed E-state index contributed by atoms with van der Waals surface area (Å²) in [5, 5.41) is 0. The van der Waals surface area contributed by atoms with Crippen LogP contribution < -0.4 is 0 Å². The van der Waals surface area contributed by atoms with E-state index in [0.29, 0.717) is 0 Å². The van der Waals surface area contributed by atoms with Crippen molar-refractivity contribution in [2.24, 2.45) is 0 Å². The van der Waals surface area contributed by atoms with Gasteiger partial charge in [-0.2, -0.15) is 0 Å². The Hall–Kier alpha value is 0.660. The summed E-state index contributed by atoms with van der Waals surface area (Å²) in [4.78, 5) is 10.2. The van der Waals surface area contributed by atoms with Gasteiger partial charge in [0.05, 0.1) is 0 Å². The van der Waals surface area contributed by atoms with Gasteiger partial charge in [-0.25, -0.2) is 0 Å². The fourth-order valence-electron chi connectivity index (χ4n) is 0.158. The highest BCUT2D eigenvalue weighted by Gasteiger charge is 2.12. The van der Waals surface area contributed by atoms with Gasteiger partial charge in [-0.3, -0.25) is 4.79 Å². The first-order chi connectivity index (χ1) is 3.92. The zero-order valence-corrected chi connectivity index (χ0v) is 7.99. The van der Waals surface area contributed by atoms with Crippen molar-refractivity contribution in [1.82, 2.24) is 0 Å². The zero-order chi connectivity index (χ0) is 7.49. The van der Waals surface area contributed by atoms with Crippen LogP contribution in [0.25, 0.3) is 0 Å². The Labute approximate surface area is 68.3 Å². The molecular weight excluding hydrogens is 176 g/mol. The fourth-order valence-corrected chi connectivity index (χ4v) is 1.70. The quantitative estimate of drug-likeness (QED) is 0.459. The first-order valence-electron chi connectivity index (χ1n) is 2.47. The molecule has 0 aromatic rings. The number of hydrogen-bond donors (Lipinski definition) is 0. The minimum Gasteiger partial charge on any atom is -0.267 e. The summed E-state index contributed by atoms with van der Waals surface area (Å²) < 4.78 is -0.246. The second-order valence-electron chi connectivity index (χ2n) is 2.52. The second kappa shape index (κ2) is 3.74. The molecule has 0 fully saturated rings. The molecular formula is C5H9ClOS2. The second-order valence-corrected chi connectivity index (χ2v) is 6.01. The molecule has 0 amide bonds. The van der Waals surface area contributed by atoms with E-state index >= 15 is 0 Å². The van der Waals surface area contributed by atoms with Gasteiger partial charge in [-0.05, 0) is 22.4 Å². The summed E-state index contributed by atoms with van der Waals surface area (Å²) in [5.41, 5.74) is 0. The molecule has 4 heteroatoms. The maximum absolute atomic E-state index is 10.2. The molecule has 0 spiro atoms. The van der Waals surface area contributed by atoms with Crippen LogP contribution in [0.15, 0.2) is 0 Å². The zero-order valence-electron chi connectivity index (χ0n) is 5.60. The summed E-state index contributed by atoms with van der Waals surface area (Å²) in [6, 6.07) is 0. The summed E-state index contributed by atoms with van der Waals surface area (Å²) in [6.45, 7) is 6.10. The summed E-state index contributed by atoms with van der Waals surface area (Å²) in [7, 11) is 2.56. The van der Waals surface area contributed by atoms with Gasteiger partial charge in [0.25, 0.3) is 4.57 Å². The van der Waals surface area contributed by atoms with Crippen LogP contribution in [0.5, 0.6) is 0 Å². The van der Waals surface area contributed by atoms with Gasteiger partial charge in [-0.1, -0.05) is 31.6 Å². The molecule has 0 N–H and O–H groups in total. The normalized spacial score (nSPS) is 11.6. The predicted octanol–water partition coefficient (Wildman–Crippen LogP) is 3.53. The van der Waals surface area contributed by atoms with Gasteiger partial charge in [0, 0.05) is 4.75 Å². The van der Waals surface area contributed by atoms with E-state index in [9.17, 15) is 4.79 Å². The first kappa shape index (κ1) is 9.66. The van der Waals surface area contributed by atoms with Crippen molar-refractivity contribution in [1.29, 1.82) is 0 Å². The fraction of sp³-hybridized carbons (Fsp3) is 0.800. The Morgan fingerprint density at radius 1 is 1.44 bits per heavy atom. The summed E-state index contributed by atoms with van der Waals surface area (Å²) in [5.74, 6) is 0. The molecule has 54 valence electrons. The molecule has 0 aliphatic carbocycles. The average molecular weight is 185 g/mol. The van der Waals surface area contributed by atoms with Gasteiger partial charge in [0.15, 0.2) is 0 Å². The predicted molar refractivity (Wildman–Crippen MR) is 46.2 cm³/mol.